The first-order valence-corrected chi connectivity index (χ1v) is 11.9. The number of hydrogen-bond donors (Lipinski definition) is 4. The lowest BCUT2D eigenvalue weighted by Crippen LogP contribution is -2.54. The Morgan fingerprint density at radius 2 is 1.67 bits per heavy atom. The van der Waals surface area contributed by atoms with Crippen LogP contribution >= 0.6 is 0 Å². The molecule has 0 radical (unpaired) electrons. The van der Waals surface area contributed by atoms with Gasteiger partial charge in [-0.05, 0) is 58.2 Å². The third-order valence-corrected chi connectivity index (χ3v) is 5.45. The van der Waals surface area contributed by atoms with Gasteiger partial charge in [0, 0.05) is 17.8 Å². The molecule has 2 aromatic carbocycles. The normalized spacial score (nSPS) is 12.9. The third kappa shape index (κ3) is 7.45. The van der Waals surface area contributed by atoms with Crippen LogP contribution in [0.5, 0.6) is 5.75 Å². The Labute approximate surface area is 212 Å². The van der Waals surface area contributed by atoms with Crippen LogP contribution < -0.4 is 10.6 Å². The largest absolute Gasteiger partial charge is 0.507 e. The molecule has 0 bridgehead atoms. The fraction of sp³-hybridized carbons (Fsp3) is 0.444. The quantitative estimate of drug-likeness (QED) is 0.415. The lowest BCUT2D eigenvalue weighted by atomic mass is 9.99. The van der Waals surface area contributed by atoms with Crippen molar-refractivity contribution in [1.82, 2.24) is 10.2 Å². The van der Waals surface area contributed by atoms with E-state index in [1.807, 2.05) is 26.0 Å². The highest BCUT2D eigenvalue weighted by Crippen LogP contribution is 2.33. The first kappa shape index (κ1) is 28.6. The second-order valence-corrected chi connectivity index (χ2v) is 9.63. The van der Waals surface area contributed by atoms with Crippen molar-refractivity contribution < 1.29 is 29.3 Å². The molecule has 9 nitrogen and oxygen atoms in total. The molecule has 2 aromatic rings. The number of anilines is 1. The summed E-state index contributed by atoms with van der Waals surface area (Å²) in [5.74, 6) is -1.34. The van der Waals surface area contributed by atoms with E-state index < -0.39 is 42.2 Å². The van der Waals surface area contributed by atoms with Crippen LogP contribution in [0.2, 0.25) is 0 Å². The van der Waals surface area contributed by atoms with Gasteiger partial charge in [-0.2, -0.15) is 0 Å². The van der Waals surface area contributed by atoms with E-state index in [-0.39, 0.29) is 17.9 Å². The molecule has 0 saturated heterocycles. The van der Waals surface area contributed by atoms with Gasteiger partial charge in [0.2, 0.25) is 5.91 Å². The molecule has 0 aliphatic heterocycles. The molecule has 0 saturated carbocycles. The Hall–Kier alpha value is -3.59. The van der Waals surface area contributed by atoms with Gasteiger partial charge in [-0.15, -0.1) is 0 Å². The van der Waals surface area contributed by atoms with E-state index in [2.05, 4.69) is 10.6 Å². The summed E-state index contributed by atoms with van der Waals surface area (Å²) in [5.41, 5.74) is 1.35. The van der Waals surface area contributed by atoms with E-state index in [1.54, 1.807) is 58.0 Å². The number of carbonyl (C=O) groups is 3. The SMILES string of the molecule is CCCN(C(=O)C(CO)NC(=O)OC(C)(C)C)C(C(=O)Nc1ccccc1C)c1cccc(C)c1O. The summed E-state index contributed by atoms with van der Waals surface area (Å²) in [5, 5.41) is 26.1. The zero-order valence-corrected chi connectivity index (χ0v) is 21.8. The van der Waals surface area contributed by atoms with Gasteiger partial charge in [-0.3, -0.25) is 9.59 Å². The van der Waals surface area contributed by atoms with Gasteiger partial charge in [0.25, 0.3) is 5.91 Å². The lowest BCUT2D eigenvalue weighted by molar-refractivity contribution is -0.141. The second kappa shape index (κ2) is 12.4. The first-order valence-electron chi connectivity index (χ1n) is 11.9. The number of nitrogens with one attached hydrogen (secondary N) is 2. The van der Waals surface area contributed by atoms with Crippen molar-refractivity contribution >= 4 is 23.6 Å². The molecule has 2 atom stereocenters. The van der Waals surface area contributed by atoms with Crippen molar-refractivity contribution in [2.45, 2.75) is 65.6 Å². The average molecular weight is 500 g/mol. The van der Waals surface area contributed by atoms with Crippen LogP contribution in [0, 0.1) is 13.8 Å². The number of aryl methyl sites for hydroxylation is 2. The van der Waals surface area contributed by atoms with Gasteiger partial charge < -0.3 is 30.5 Å². The number of hydrogen-bond acceptors (Lipinski definition) is 6. The molecule has 2 unspecified atom stereocenters. The molecule has 36 heavy (non-hydrogen) atoms. The molecule has 3 amide bonds. The number of alkyl carbamates (subject to hydrolysis) is 1. The predicted molar refractivity (Wildman–Crippen MR) is 138 cm³/mol. The van der Waals surface area contributed by atoms with Crippen LogP contribution in [0.3, 0.4) is 0 Å². The maximum Gasteiger partial charge on any atom is 0.408 e. The number of nitrogens with zero attached hydrogens (tertiary/aromatic N) is 1. The minimum absolute atomic E-state index is 0.114. The summed E-state index contributed by atoms with van der Waals surface area (Å²) in [6, 6.07) is 9.59. The zero-order valence-electron chi connectivity index (χ0n) is 21.8. The maximum atomic E-state index is 13.7. The van der Waals surface area contributed by atoms with Crippen LogP contribution in [-0.4, -0.2) is 57.8 Å². The number of aliphatic hydroxyl groups excluding tert-OH is 1. The number of phenols is 1. The van der Waals surface area contributed by atoms with Gasteiger partial charge in [-0.25, -0.2) is 4.79 Å². The molecule has 0 aromatic heterocycles. The summed E-state index contributed by atoms with van der Waals surface area (Å²) in [4.78, 5) is 40.9. The fourth-order valence-corrected chi connectivity index (χ4v) is 3.71. The molecular formula is C27H37N3O6. The molecular weight excluding hydrogens is 462 g/mol. The molecule has 0 aliphatic carbocycles. The van der Waals surface area contributed by atoms with Gasteiger partial charge in [0.1, 0.15) is 23.4 Å². The standard InChI is InChI=1S/C27H37N3O6/c1-7-15-30(25(34)21(16-31)29-26(35)36-27(4,5)6)22(19-13-10-12-18(3)23(19)32)24(33)28-20-14-9-8-11-17(20)2/h8-14,21-22,31-32H,7,15-16H2,1-6H3,(H,28,33)(H,29,35). The van der Waals surface area contributed by atoms with Crippen LogP contribution in [0.15, 0.2) is 42.5 Å². The van der Waals surface area contributed by atoms with Crippen molar-refractivity contribution in [1.29, 1.82) is 0 Å². The molecule has 0 spiro atoms. The van der Waals surface area contributed by atoms with Crippen molar-refractivity contribution in [3.05, 3.63) is 59.2 Å². The smallest absolute Gasteiger partial charge is 0.408 e. The fourth-order valence-electron chi connectivity index (χ4n) is 3.71. The number of amides is 3. The summed E-state index contributed by atoms with van der Waals surface area (Å²) in [7, 11) is 0. The zero-order chi connectivity index (χ0) is 27.0. The molecule has 196 valence electrons. The van der Waals surface area contributed by atoms with Crippen LogP contribution in [0.4, 0.5) is 10.5 Å². The predicted octanol–water partition coefficient (Wildman–Crippen LogP) is 3.81. The van der Waals surface area contributed by atoms with Gasteiger partial charge in [0.15, 0.2) is 0 Å². The number of ether oxygens (including phenoxy) is 1. The molecule has 0 heterocycles. The number of aromatic hydroxyl groups is 1. The topological polar surface area (TPSA) is 128 Å². The first-order chi connectivity index (χ1) is 16.9. The van der Waals surface area contributed by atoms with E-state index in [1.165, 1.54) is 4.90 Å². The van der Waals surface area contributed by atoms with E-state index in [9.17, 15) is 24.6 Å². The Bertz CT molecular complexity index is 1080. The van der Waals surface area contributed by atoms with Gasteiger partial charge in [0.05, 0.1) is 6.61 Å². The monoisotopic (exact) mass is 499 g/mol. The highest BCUT2D eigenvalue weighted by Gasteiger charge is 2.37. The molecule has 4 N–H and O–H groups in total. The summed E-state index contributed by atoms with van der Waals surface area (Å²) < 4.78 is 5.23. The number of benzene rings is 2. The van der Waals surface area contributed by atoms with Crippen molar-refractivity contribution in [3.8, 4) is 5.75 Å². The van der Waals surface area contributed by atoms with E-state index in [0.29, 0.717) is 17.7 Å². The molecule has 9 heteroatoms. The maximum absolute atomic E-state index is 13.7. The highest BCUT2D eigenvalue weighted by atomic mass is 16.6. The second-order valence-electron chi connectivity index (χ2n) is 9.63. The number of aliphatic hydroxyl groups is 1. The molecule has 2 rings (SSSR count). The Morgan fingerprint density at radius 1 is 1.03 bits per heavy atom. The molecule has 0 fully saturated rings. The number of para-hydroxylation sites is 2. The third-order valence-electron chi connectivity index (χ3n) is 5.45. The van der Waals surface area contributed by atoms with Crippen molar-refractivity contribution in [2.75, 3.05) is 18.5 Å². The average Bonchev–Trinajstić information content (AvgIpc) is 2.79. The lowest BCUT2D eigenvalue weighted by Gasteiger charge is -2.34. The van der Waals surface area contributed by atoms with Crippen LogP contribution in [0.1, 0.15) is 56.8 Å². The van der Waals surface area contributed by atoms with Crippen LogP contribution in [0.25, 0.3) is 0 Å². The van der Waals surface area contributed by atoms with Crippen molar-refractivity contribution in [3.63, 3.8) is 0 Å². The number of phenolic OH excluding ortho intramolecular Hbond substituents is 1. The highest BCUT2D eigenvalue weighted by molar-refractivity contribution is 5.99. The minimum atomic E-state index is -1.35. The van der Waals surface area contributed by atoms with Crippen LogP contribution in [-0.2, 0) is 14.3 Å². The summed E-state index contributed by atoms with van der Waals surface area (Å²) in [6.45, 7) is 9.84. The minimum Gasteiger partial charge on any atom is -0.507 e. The van der Waals surface area contributed by atoms with E-state index in [4.69, 9.17) is 4.74 Å². The number of carbonyl (C=O) groups excluding carboxylic acids is 3. The summed E-state index contributed by atoms with van der Waals surface area (Å²) >= 11 is 0. The van der Waals surface area contributed by atoms with Gasteiger partial charge >= 0.3 is 6.09 Å². The van der Waals surface area contributed by atoms with Crippen molar-refractivity contribution in [2.24, 2.45) is 0 Å². The Kier molecular flexibility index (Phi) is 9.86. The number of rotatable bonds is 9. The summed E-state index contributed by atoms with van der Waals surface area (Å²) in [6.07, 6.45) is -0.387. The van der Waals surface area contributed by atoms with E-state index >= 15 is 0 Å². The Balaban J connectivity index is 2.51. The Morgan fingerprint density at radius 3 is 2.25 bits per heavy atom. The molecule has 0 aliphatic rings. The van der Waals surface area contributed by atoms with E-state index in [0.717, 1.165) is 5.56 Å². The van der Waals surface area contributed by atoms with Gasteiger partial charge in [-0.1, -0.05) is 43.3 Å².